The van der Waals surface area contributed by atoms with Crippen LogP contribution in [0.3, 0.4) is 0 Å². The van der Waals surface area contributed by atoms with E-state index in [2.05, 4.69) is 5.32 Å². The van der Waals surface area contributed by atoms with Gasteiger partial charge in [0.1, 0.15) is 5.75 Å². The lowest BCUT2D eigenvalue weighted by molar-refractivity contribution is -0.147. The fourth-order valence-corrected chi connectivity index (χ4v) is 2.18. The molecule has 0 aromatic heterocycles. The molecule has 24 heavy (non-hydrogen) atoms. The lowest BCUT2D eigenvalue weighted by Crippen LogP contribution is -2.21. The number of hydrogen-bond acceptors (Lipinski definition) is 4. The number of rotatable bonds is 7. The molecule has 0 atom stereocenters. The molecule has 0 radical (unpaired) electrons. The molecule has 126 valence electrons. The van der Waals surface area contributed by atoms with Crippen molar-refractivity contribution in [3.8, 4) is 5.75 Å². The fraction of sp³-hybridized carbons (Fsp3) is 0.222. The van der Waals surface area contributed by atoms with Crippen molar-refractivity contribution >= 4 is 29.2 Å². The van der Waals surface area contributed by atoms with Crippen LogP contribution in [0.25, 0.3) is 0 Å². The van der Waals surface area contributed by atoms with E-state index in [4.69, 9.17) is 21.1 Å². The van der Waals surface area contributed by atoms with Crippen LogP contribution in [0, 0.1) is 6.92 Å². The second-order valence-electron chi connectivity index (χ2n) is 5.10. The highest BCUT2D eigenvalue weighted by atomic mass is 35.5. The number of aryl methyl sites for hydroxylation is 1. The molecule has 0 spiro atoms. The summed E-state index contributed by atoms with van der Waals surface area (Å²) in [4.78, 5) is 23.4. The third-order valence-electron chi connectivity index (χ3n) is 3.08. The van der Waals surface area contributed by atoms with Crippen molar-refractivity contribution < 1.29 is 19.1 Å². The second-order valence-corrected chi connectivity index (χ2v) is 5.51. The van der Waals surface area contributed by atoms with Gasteiger partial charge in [-0.15, -0.1) is 0 Å². The highest BCUT2D eigenvalue weighted by Gasteiger charge is 2.10. The first-order valence-electron chi connectivity index (χ1n) is 7.44. The first-order chi connectivity index (χ1) is 11.5. The van der Waals surface area contributed by atoms with Crippen LogP contribution >= 0.6 is 11.6 Å². The minimum atomic E-state index is -0.504. The average Bonchev–Trinajstić information content (AvgIpc) is 2.56. The molecule has 2 rings (SSSR count). The summed E-state index contributed by atoms with van der Waals surface area (Å²) in [5.74, 6) is -0.272. The van der Waals surface area contributed by atoms with Crippen LogP contribution in [0.15, 0.2) is 48.5 Å². The normalized spacial score (nSPS) is 10.1. The molecule has 0 unspecified atom stereocenters. The van der Waals surface area contributed by atoms with Gasteiger partial charge in [0.2, 0.25) is 0 Å². The number of para-hydroxylation sites is 1. The van der Waals surface area contributed by atoms with Gasteiger partial charge in [-0.1, -0.05) is 35.9 Å². The molecule has 1 amide bonds. The highest BCUT2D eigenvalue weighted by Crippen LogP contribution is 2.22. The Morgan fingerprint density at radius 1 is 1.12 bits per heavy atom. The zero-order valence-corrected chi connectivity index (χ0v) is 14.0. The van der Waals surface area contributed by atoms with Crippen molar-refractivity contribution in [3.05, 3.63) is 59.1 Å². The second kappa shape index (κ2) is 8.93. The molecular formula is C18H18ClNO4. The number of ether oxygens (including phenoxy) is 2. The van der Waals surface area contributed by atoms with E-state index in [1.165, 1.54) is 0 Å². The maximum absolute atomic E-state index is 11.8. The molecule has 6 heteroatoms. The van der Waals surface area contributed by atoms with Gasteiger partial charge in [-0.05, 0) is 36.8 Å². The van der Waals surface area contributed by atoms with Crippen LogP contribution in [-0.4, -0.2) is 25.1 Å². The third-order valence-corrected chi connectivity index (χ3v) is 3.39. The molecule has 0 bridgehead atoms. The minimum absolute atomic E-state index is 0.0630. The van der Waals surface area contributed by atoms with E-state index in [0.29, 0.717) is 16.5 Å². The molecule has 1 N–H and O–H groups in total. The Morgan fingerprint density at radius 2 is 1.88 bits per heavy atom. The van der Waals surface area contributed by atoms with Crippen molar-refractivity contribution in [3.63, 3.8) is 0 Å². The fourth-order valence-electron chi connectivity index (χ4n) is 1.89. The summed E-state index contributed by atoms with van der Waals surface area (Å²) in [6.45, 7) is 1.72. The van der Waals surface area contributed by atoms with Crippen LogP contribution in [0.4, 0.5) is 5.69 Å². The standard InChI is InChI=1S/C18H18ClNO4/c1-13-7-8-16(15(19)11-13)20-17(21)12-24-18(22)9-10-23-14-5-3-2-4-6-14/h2-8,11H,9-10,12H2,1H3,(H,20,21). The quantitative estimate of drug-likeness (QED) is 0.777. The van der Waals surface area contributed by atoms with E-state index in [-0.39, 0.29) is 19.6 Å². The molecule has 0 aliphatic carbocycles. The number of amides is 1. The van der Waals surface area contributed by atoms with Gasteiger partial charge >= 0.3 is 5.97 Å². The van der Waals surface area contributed by atoms with Gasteiger partial charge in [0, 0.05) is 0 Å². The van der Waals surface area contributed by atoms with Crippen LogP contribution in [0.5, 0.6) is 5.75 Å². The average molecular weight is 348 g/mol. The molecule has 5 nitrogen and oxygen atoms in total. The van der Waals surface area contributed by atoms with Gasteiger partial charge < -0.3 is 14.8 Å². The van der Waals surface area contributed by atoms with Gasteiger partial charge in [-0.2, -0.15) is 0 Å². The zero-order valence-electron chi connectivity index (χ0n) is 13.3. The number of benzene rings is 2. The number of nitrogens with one attached hydrogen (secondary N) is 1. The van der Waals surface area contributed by atoms with Crippen molar-refractivity contribution in [1.82, 2.24) is 0 Å². The topological polar surface area (TPSA) is 64.6 Å². The third kappa shape index (κ3) is 5.93. The summed E-state index contributed by atoms with van der Waals surface area (Å²) >= 11 is 6.02. The summed E-state index contributed by atoms with van der Waals surface area (Å²) in [7, 11) is 0. The molecule has 0 fully saturated rings. The van der Waals surface area contributed by atoms with E-state index in [1.807, 2.05) is 31.2 Å². The van der Waals surface area contributed by atoms with Crippen molar-refractivity contribution in [2.75, 3.05) is 18.5 Å². The number of esters is 1. The predicted molar refractivity (Wildman–Crippen MR) is 92.3 cm³/mol. The molecule has 0 aliphatic rings. The molecular weight excluding hydrogens is 330 g/mol. The van der Waals surface area contributed by atoms with Gasteiger partial charge in [-0.3, -0.25) is 9.59 Å². The molecule has 0 aliphatic heterocycles. The van der Waals surface area contributed by atoms with Gasteiger partial charge in [0.25, 0.3) is 5.91 Å². The lowest BCUT2D eigenvalue weighted by Gasteiger charge is -2.09. The monoisotopic (exact) mass is 347 g/mol. The Labute approximate surface area is 145 Å². The summed E-state index contributed by atoms with van der Waals surface area (Å²) < 4.78 is 10.3. The Morgan fingerprint density at radius 3 is 2.58 bits per heavy atom. The Hall–Kier alpha value is -2.53. The maximum atomic E-state index is 11.8. The number of hydrogen-bond donors (Lipinski definition) is 1. The molecule has 0 saturated carbocycles. The molecule has 2 aromatic carbocycles. The number of halogens is 1. The van der Waals surface area contributed by atoms with Crippen molar-refractivity contribution in [1.29, 1.82) is 0 Å². The molecule has 2 aromatic rings. The minimum Gasteiger partial charge on any atom is -0.493 e. The molecule has 0 heterocycles. The van der Waals surface area contributed by atoms with Gasteiger partial charge in [0.15, 0.2) is 6.61 Å². The first-order valence-corrected chi connectivity index (χ1v) is 7.82. The summed E-state index contributed by atoms with van der Waals surface area (Å²) in [6, 6.07) is 14.4. The summed E-state index contributed by atoms with van der Waals surface area (Å²) in [5.41, 5.74) is 1.47. The van der Waals surface area contributed by atoms with E-state index in [0.717, 1.165) is 5.56 Å². The van der Waals surface area contributed by atoms with Crippen LogP contribution in [0.2, 0.25) is 5.02 Å². The van der Waals surface area contributed by atoms with Gasteiger partial charge in [0.05, 0.1) is 23.7 Å². The number of carbonyl (C=O) groups excluding carboxylic acids is 2. The number of anilines is 1. The van der Waals surface area contributed by atoms with Crippen molar-refractivity contribution in [2.24, 2.45) is 0 Å². The van der Waals surface area contributed by atoms with E-state index in [1.54, 1.807) is 24.3 Å². The summed E-state index contributed by atoms with van der Waals surface area (Å²) in [6.07, 6.45) is 0.0630. The highest BCUT2D eigenvalue weighted by molar-refractivity contribution is 6.33. The predicted octanol–water partition coefficient (Wildman–Crippen LogP) is 3.60. The van der Waals surface area contributed by atoms with Crippen molar-refractivity contribution in [2.45, 2.75) is 13.3 Å². The van der Waals surface area contributed by atoms with E-state index < -0.39 is 11.9 Å². The van der Waals surface area contributed by atoms with E-state index in [9.17, 15) is 9.59 Å². The Bertz CT molecular complexity index is 703. The largest absolute Gasteiger partial charge is 0.493 e. The number of carbonyl (C=O) groups is 2. The zero-order chi connectivity index (χ0) is 17.4. The Balaban J connectivity index is 1.68. The maximum Gasteiger partial charge on any atom is 0.309 e. The van der Waals surface area contributed by atoms with E-state index >= 15 is 0 Å². The van der Waals surface area contributed by atoms with Gasteiger partial charge in [-0.25, -0.2) is 0 Å². The van der Waals surface area contributed by atoms with Crippen LogP contribution in [0.1, 0.15) is 12.0 Å². The summed E-state index contributed by atoms with van der Waals surface area (Å²) in [5, 5.41) is 3.03. The smallest absolute Gasteiger partial charge is 0.309 e. The van der Waals surface area contributed by atoms with Crippen LogP contribution in [-0.2, 0) is 14.3 Å². The Kier molecular flexibility index (Phi) is 6.63. The SMILES string of the molecule is Cc1ccc(NC(=O)COC(=O)CCOc2ccccc2)c(Cl)c1. The molecule has 0 saturated heterocycles. The van der Waals surface area contributed by atoms with Crippen LogP contribution < -0.4 is 10.1 Å². The lowest BCUT2D eigenvalue weighted by atomic mass is 10.2. The first kappa shape index (κ1) is 17.8.